The molecular weight excluding hydrogens is 673 g/mol. The minimum Gasteiger partial charge on any atom is -0.431 e. The van der Waals surface area contributed by atoms with Crippen LogP contribution in [0.15, 0.2) is 149 Å². The lowest BCUT2D eigenvalue weighted by Gasteiger charge is -2.36. The fourth-order valence-electron chi connectivity index (χ4n) is 6.15. The molecule has 52 heavy (non-hydrogen) atoms. The van der Waals surface area contributed by atoms with E-state index in [1.54, 1.807) is 0 Å². The van der Waals surface area contributed by atoms with Crippen LogP contribution in [0, 0.1) is 0 Å². The summed E-state index contributed by atoms with van der Waals surface area (Å²) in [6.45, 7) is -0.0355. The number of amides is 1. The van der Waals surface area contributed by atoms with Crippen molar-refractivity contribution in [2.45, 2.75) is 36.7 Å². The number of aromatic nitrogens is 3. The van der Waals surface area contributed by atoms with Gasteiger partial charge in [0.2, 0.25) is 0 Å². The molecule has 0 bridgehead atoms. The summed E-state index contributed by atoms with van der Waals surface area (Å²) in [6, 6.07) is 42.7. The number of oxazole rings is 1. The number of carbonyl (C=O) groups excluding carboxylic acids is 1. The van der Waals surface area contributed by atoms with Gasteiger partial charge in [-0.3, -0.25) is 9.78 Å². The van der Waals surface area contributed by atoms with E-state index in [9.17, 15) is 9.90 Å². The molecule has 3 atom stereocenters. The summed E-state index contributed by atoms with van der Waals surface area (Å²) in [4.78, 5) is 27.0. The van der Waals surface area contributed by atoms with E-state index in [4.69, 9.17) is 18.9 Å². The lowest BCUT2D eigenvalue weighted by molar-refractivity contribution is -0.245. The SMILES string of the molecule is O=C(Nc1cccc(C2OC(CSc3nc(-c4ccccc4)c(-c4ccccc4)o3)CC(c3ccc(CO)cc3)O2)c1)c1cnc2ccccc2n1. The number of rotatable bonds is 10. The van der Waals surface area contributed by atoms with E-state index in [0.29, 0.717) is 28.6 Å². The Morgan fingerprint density at radius 2 is 1.50 bits per heavy atom. The molecule has 258 valence electrons. The number of anilines is 1. The van der Waals surface area contributed by atoms with E-state index in [0.717, 1.165) is 44.8 Å². The van der Waals surface area contributed by atoms with E-state index < -0.39 is 6.29 Å². The van der Waals surface area contributed by atoms with Crippen molar-refractivity contribution in [3.8, 4) is 22.6 Å². The zero-order valence-corrected chi connectivity index (χ0v) is 28.8. The highest BCUT2D eigenvalue weighted by Gasteiger charge is 2.33. The van der Waals surface area contributed by atoms with Gasteiger partial charge >= 0.3 is 0 Å². The molecule has 8 rings (SSSR count). The Morgan fingerprint density at radius 3 is 2.27 bits per heavy atom. The van der Waals surface area contributed by atoms with Gasteiger partial charge < -0.3 is 24.3 Å². The Hall–Kier alpha value is -5.65. The first-order valence-corrected chi connectivity index (χ1v) is 18.0. The third-order valence-electron chi connectivity index (χ3n) is 8.80. The summed E-state index contributed by atoms with van der Waals surface area (Å²) in [5.41, 5.74) is 7.43. The van der Waals surface area contributed by atoms with E-state index in [1.807, 2.05) is 133 Å². The van der Waals surface area contributed by atoms with Crippen LogP contribution >= 0.6 is 11.8 Å². The predicted octanol–water partition coefficient (Wildman–Crippen LogP) is 9.03. The molecule has 0 spiro atoms. The number of ether oxygens (including phenoxy) is 2. The number of carbonyl (C=O) groups is 1. The normalized spacial score (nSPS) is 17.2. The van der Waals surface area contributed by atoms with Crippen molar-refractivity contribution in [2.75, 3.05) is 11.1 Å². The number of benzene rings is 5. The molecule has 9 nitrogen and oxygen atoms in total. The van der Waals surface area contributed by atoms with E-state index in [1.165, 1.54) is 18.0 Å². The topological polar surface area (TPSA) is 120 Å². The Balaban J connectivity index is 1.03. The van der Waals surface area contributed by atoms with Crippen LogP contribution in [-0.2, 0) is 16.1 Å². The summed E-state index contributed by atoms with van der Waals surface area (Å²) in [7, 11) is 0. The number of hydrogen-bond acceptors (Lipinski definition) is 9. The fourth-order valence-corrected chi connectivity index (χ4v) is 6.99. The third-order valence-corrected chi connectivity index (χ3v) is 9.76. The highest BCUT2D eigenvalue weighted by molar-refractivity contribution is 7.99. The second kappa shape index (κ2) is 15.3. The summed E-state index contributed by atoms with van der Waals surface area (Å²) < 4.78 is 19.6. The van der Waals surface area contributed by atoms with Crippen molar-refractivity contribution in [2.24, 2.45) is 0 Å². The van der Waals surface area contributed by atoms with Crippen molar-refractivity contribution in [1.29, 1.82) is 0 Å². The molecule has 1 saturated heterocycles. The van der Waals surface area contributed by atoms with Crippen LogP contribution in [0.3, 0.4) is 0 Å². The minimum atomic E-state index is -0.719. The second-order valence-corrected chi connectivity index (χ2v) is 13.3. The number of hydrogen-bond donors (Lipinski definition) is 2. The largest absolute Gasteiger partial charge is 0.431 e. The Bertz CT molecular complexity index is 2240. The summed E-state index contributed by atoms with van der Waals surface area (Å²) in [5.74, 6) is 0.911. The zero-order valence-electron chi connectivity index (χ0n) is 28.0. The van der Waals surface area contributed by atoms with Gasteiger partial charge in [0.05, 0.1) is 36.0 Å². The van der Waals surface area contributed by atoms with E-state index in [2.05, 4.69) is 15.3 Å². The molecule has 7 aromatic rings. The van der Waals surface area contributed by atoms with Gasteiger partial charge in [-0.1, -0.05) is 121 Å². The van der Waals surface area contributed by atoms with Crippen LogP contribution in [0.1, 0.15) is 46.0 Å². The molecule has 0 aliphatic carbocycles. The molecule has 2 N–H and O–H groups in total. The zero-order chi connectivity index (χ0) is 35.3. The molecule has 3 unspecified atom stereocenters. The molecule has 1 aliphatic rings. The van der Waals surface area contributed by atoms with Gasteiger partial charge in [0.1, 0.15) is 11.4 Å². The molecule has 1 fully saturated rings. The van der Waals surface area contributed by atoms with Crippen molar-refractivity contribution in [1.82, 2.24) is 15.0 Å². The molecule has 0 saturated carbocycles. The van der Waals surface area contributed by atoms with Gasteiger partial charge in [-0.05, 0) is 35.4 Å². The number of aliphatic hydroxyl groups excluding tert-OH is 1. The lowest BCUT2D eigenvalue weighted by Crippen LogP contribution is -2.31. The Kier molecular flexibility index (Phi) is 9.86. The predicted molar refractivity (Wildman–Crippen MR) is 200 cm³/mol. The molecular formula is C42H34N4O5S. The van der Waals surface area contributed by atoms with Crippen molar-refractivity contribution >= 4 is 34.4 Å². The van der Waals surface area contributed by atoms with Gasteiger partial charge in [-0.25, -0.2) is 9.97 Å². The smallest absolute Gasteiger partial charge is 0.275 e. The first kappa shape index (κ1) is 33.5. The van der Waals surface area contributed by atoms with Crippen LogP contribution in [0.25, 0.3) is 33.6 Å². The van der Waals surface area contributed by atoms with Gasteiger partial charge in [-0.15, -0.1) is 0 Å². The first-order chi connectivity index (χ1) is 25.6. The number of nitrogens with zero attached hydrogens (tertiary/aromatic N) is 3. The monoisotopic (exact) mass is 706 g/mol. The number of nitrogens with one attached hydrogen (secondary N) is 1. The summed E-state index contributed by atoms with van der Waals surface area (Å²) >= 11 is 1.50. The molecule has 1 amide bonds. The number of aliphatic hydroxyl groups is 1. The minimum absolute atomic E-state index is 0.0355. The van der Waals surface area contributed by atoms with Crippen molar-refractivity contribution in [3.05, 3.63) is 162 Å². The van der Waals surface area contributed by atoms with Gasteiger partial charge in [0, 0.05) is 34.6 Å². The van der Waals surface area contributed by atoms with E-state index >= 15 is 0 Å². The van der Waals surface area contributed by atoms with Crippen LogP contribution in [-0.4, -0.2) is 37.8 Å². The quantitative estimate of drug-likeness (QED) is 0.134. The maximum Gasteiger partial charge on any atom is 0.275 e. The molecule has 0 radical (unpaired) electrons. The standard InChI is InChI=1S/C42H34N4O5S/c47-25-27-18-20-28(21-19-27)37-23-33(26-52-42-46-38(29-10-3-1-4-11-29)39(51-42)30-12-5-2-6-13-30)49-41(50-37)31-14-9-15-32(22-31)44-40(48)36-24-43-34-16-7-8-17-35(34)45-36/h1-22,24,33,37,41,47H,23,25-26H2,(H,44,48). The van der Waals surface area contributed by atoms with E-state index in [-0.39, 0.29) is 30.4 Å². The highest BCUT2D eigenvalue weighted by Crippen LogP contribution is 2.41. The summed E-state index contributed by atoms with van der Waals surface area (Å²) in [6.07, 6.45) is 0.834. The maximum atomic E-state index is 13.2. The Morgan fingerprint density at radius 1 is 0.769 bits per heavy atom. The molecule has 2 aromatic heterocycles. The molecule has 10 heteroatoms. The van der Waals surface area contributed by atoms with Crippen molar-refractivity contribution < 1.29 is 23.8 Å². The van der Waals surface area contributed by atoms with Gasteiger partial charge in [0.25, 0.3) is 11.1 Å². The summed E-state index contributed by atoms with van der Waals surface area (Å²) in [5, 5.41) is 13.1. The average molecular weight is 707 g/mol. The number of fused-ring (bicyclic) bond motifs is 1. The first-order valence-electron chi connectivity index (χ1n) is 17.0. The van der Waals surface area contributed by atoms with Gasteiger partial charge in [0.15, 0.2) is 12.1 Å². The molecule has 1 aliphatic heterocycles. The third kappa shape index (κ3) is 7.51. The average Bonchev–Trinajstić information content (AvgIpc) is 3.65. The fraction of sp³-hybridized carbons (Fsp3) is 0.143. The van der Waals surface area contributed by atoms with Crippen LogP contribution < -0.4 is 5.32 Å². The highest BCUT2D eigenvalue weighted by atomic mass is 32.2. The second-order valence-electron chi connectivity index (χ2n) is 12.4. The lowest BCUT2D eigenvalue weighted by atomic mass is 10.0. The van der Waals surface area contributed by atoms with Crippen molar-refractivity contribution in [3.63, 3.8) is 0 Å². The molecule has 5 aromatic carbocycles. The van der Waals surface area contributed by atoms with Crippen LogP contribution in [0.2, 0.25) is 0 Å². The Labute approximate surface area is 304 Å². The van der Waals surface area contributed by atoms with Crippen LogP contribution in [0.5, 0.6) is 0 Å². The van der Waals surface area contributed by atoms with Crippen LogP contribution in [0.4, 0.5) is 5.69 Å². The number of thioether (sulfide) groups is 1. The van der Waals surface area contributed by atoms with Gasteiger partial charge in [-0.2, -0.15) is 0 Å². The maximum absolute atomic E-state index is 13.2. The molecule has 3 heterocycles. The number of para-hydroxylation sites is 2.